The van der Waals surface area contributed by atoms with Crippen molar-refractivity contribution < 1.29 is 9.15 Å². The summed E-state index contributed by atoms with van der Waals surface area (Å²) in [6, 6.07) is 61.7. The average Bonchev–Trinajstić information content (AvgIpc) is 3.95. The fraction of sp³-hybridized carbons (Fsp3) is 0.0192. The standard InChI is InChI=1S/C52H29N3O2S/c1-2-14-30(15-3-1)49-53-50(55-51(54-49)37-29-36-34-18-6-11-23-42(34)57-47(36)46-35-19-7-13-25-45(35)58-48(37)46)31-26-27-44-41(28-31)52(40-22-10-12-24-43(40)56-44)38-20-8-4-16-32(38)33-17-5-9-21-39(33)52/h1-29H. The zero-order valence-electron chi connectivity index (χ0n) is 30.8. The highest BCUT2D eigenvalue weighted by molar-refractivity contribution is 7.26. The van der Waals surface area contributed by atoms with E-state index in [0.29, 0.717) is 17.5 Å². The molecule has 13 rings (SSSR count). The largest absolute Gasteiger partial charge is 0.457 e. The first-order chi connectivity index (χ1) is 28.7. The molecule has 0 fully saturated rings. The van der Waals surface area contributed by atoms with Crippen molar-refractivity contribution in [3.8, 4) is 56.8 Å². The minimum atomic E-state index is -0.609. The Kier molecular flexibility index (Phi) is 6.46. The Morgan fingerprint density at radius 3 is 1.86 bits per heavy atom. The van der Waals surface area contributed by atoms with E-state index in [4.69, 9.17) is 24.1 Å². The summed E-state index contributed by atoms with van der Waals surface area (Å²) < 4.78 is 15.6. The third-order valence-electron chi connectivity index (χ3n) is 12.0. The lowest BCUT2D eigenvalue weighted by Gasteiger charge is -2.39. The third-order valence-corrected chi connectivity index (χ3v) is 13.2. The number of para-hydroxylation sites is 2. The van der Waals surface area contributed by atoms with E-state index in [1.54, 1.807) is 11.3 Å². The van der Waals surface area contributed by atoms with Crippen molar-refractivity contribution >= 4 is 53.4 Å². The van der Waals surface area contributed by atoms with Crippen molar-refractivity contribution in [1.82, 2.24) is 15.0 Å². The van der Waals surface area contributed by atoms with Gasteiger partial charge in [0.05, 0.1) is 10.1 Å². The van der Waals surface area contributed by atoms with Crippen LogP contribution in [0.25, 0.3) is 87.4 Å². The van der Waals surface area contributed by atoms with Crippen LogP contribution in [0.1, 0.15) is 22.3 Å². The number of nitrogens with zero attached hydrogens (tertiary/aromatic N) is 3. The maximum atomic E-state index is 6.76. The highest BCUT2D eigenvalue weighted by Gasteiger charge is 2.51. The van der Waals surface area contributed by atoms with Crippen LogP contribution in [0.3, 0.4) is 0 Å². The maximum Gasteiger partial charge on any atom is 0.165 e. The quantitative estimate of drug-likeness (QED) is 0.179. The Balaban J connectivity index is 1.10. The number of thiophene rings is 1. The smallest absolute Gasteiger partial charge is 0.165 e. The van der Waals surface area contributed by atoms with Gasteiger partial charge in [-0.15, -0.1) is 11.3 Å². The second-order valence-electron chi connectivity index (χ2n) is 15.0. The number of rotatable bonds is 3. The number of ether oxygens (including phenoxy) is 1. The Hall–Kier alpha value is -7.41. The number of hydrogen-bond donors (Lipinski definition) is 0. The molecule has 0 amide bonds. The van der Waals surface area contributed by atoms with Crippen LogP contribution in [0.4, 0.5) is 0 Å². The molecule has 5 nitrogen and oxygen atoms in total. The Morgan fingerprint density at radius 2 is 1.05 bits per heavy atom. The monoisotopic (exact) mass is 759 g/mol. The van der Waals surface area contributed by atoms with E-state index in [9.17, 15) is 0 Å². The van der Waals surface area contributed by atoms with Gasteiger partial charge in [-0.3, -0.25) is 0 Å². The molecule has 0 radical (unpaired) electrons. The highest BCUT2D eigenvalue weighted by atomic mass is 32.1. The molecule has 0 N–H and O–H groups in total. The molecule has 4 heterocycles. The second kappa shape index (κ2) is 11.8. The van der Waals surface area contributed by atoms with Gasteiger partial charge >= 0.3 is 0 Å². The van der Waals surface area contributed by atoms with E-state index < -0.39 is 5.41 Å². The van der Waals surface area contributed by atoms with E-state index in [-0.39, 0.29) is 0 Å². The predicted molar refractivity (Wildman–Crippen MR) is 234 cm³/mol. The molecule has 1 aliphatic carbocycles. The van der Waals surface area contributed by atoms with Gasteiger partial charge in [-0.2, -0.15) is 0 Å². The average molecular weight is 760 g/mol. The molecule has 8 aromatic carbocycles. The maximum absolute atomic E-state index is 6.76. The van der Waals surface area contributed by atoms with Crippen LogP contribution >= 0.6 is 11.3 Å². The van der Waals surface area contributed by atoms with Crippen LogP contribution < -0.4 is 4.74 Å². The molecule has 2 aliphatic rings. The fourth-order valence-electron chi connectivity index (χ4n) is 9.57. The molecule has 1 spiro atoms. The van der Waals surface area contributed by atoms with Gasteiger partial charge in [0.1, 0.15) is 22.7 Å². The summed E-state index contributed by atoms with van der Waals surface area (Å²) in [7, 11) is 0. The minimum Gasteiger partial charge on any atom is -0.457 e. The molecule has 0 bridgehead atoms. The molecule has 3 aromatic heterocycles. The zero-order valence-corrected chi connectivity index (χ0v) is 31.6. The van der Waals surface area contributed by atoms with Crippen LogP contribution in [0.2, 0.25) is 0 Å². The van der Waals surface area contributed by atoms with Crippen molar-refractivity contribution in [2.24, 2.45) is 0 Å². The molecule has 1 aliphatic heterocycles. The first-order valence-corrected chi connectivity index (χ1v) is 20.2. The lowest BCUT2D eigenvalue weighted by atomic mass is 9.66. The fourth-order valence-corrected chi connectivity index (χ4v) is 10.8. The van der Waals surface area contributed by atoms with Gasteiger partial charge in [0.25, 0.3) is 0 Å². The summed E-state index contributed by atoms with van der Waals surface area (Å²) in [5.41, 5.74) is 11.0. The Morgan fingerprint density at radius 1 is 0.431 bits per heavy atom. The lowest BCUT2D eigenvalue weighted by molar-refractivity contribution is 0.436. The van der Waals surface area contributed by atoms with E-state index >= 15 is 0 Å². The summed E-state index contributed by atoms with van der Waals surface area (Å²) in [6.45, 7) is 0. The lowest BCUT2D eigenvalue weighted by Crippen LogP contribution is -2.32. The summed E-state index contributed by atoms with van der Waals surface area (Å²) in [5.74, 6) is 3.48. The van der Waals surface area contributed by atoms with Crippen molar-refractivity contribution in [2.75, 3.05) is 0 Å². The normalized spacial score (nSPS) is 13.4. The molecule has 0 unspecified atom stereocenters. The number of hydrogen-bond acceptors (Lipinski definition) is 6. The van der Waals surface area contributed by atoms with Crippen molar-refractivity contribution in [1.29, 1.82) is 0 Å². The summed E-state index contributed by atoms with van der Waals surface area (Å²) in [5, 5.41) is 4.34. The molecular formula is C52H29N3O2S. The molecule has 270 valence electrons. The molecule has 0 saturated heterocycles. The summed E-state index contributed by atoms with van der Waals surface area (Å²) in [4.78, 5) is 15.9. The van der Waals surface area contributed by atoms with Crippen LogP contribution in [0, 0.1) is 0 Å². The Bertz CT molecular complexity index is 3470. The van der Waals surface area contributed by atoms with Gasteiger partial charge in [-0.25, -0.2) is 15.0 Å². The van der Waals surface area contributed by atoms with E-state index in [1.165, 1.54) is 27.0 Å². The zero-order chi connectivity index (χ0) is 38.0. The molecule has 0 atom stereocenters. The van der Waals surface area contributed by atoms with Gasteiger partial charge in [-0.05, 0) is 64.7 Å². The number of fused-ring (bicyclic) bond motifs is 16. The molecular weight excluding hydrogens is 731 g/mol. The van der Waals surface area contributed by atoms with Gasteiger partial charge in [0, 0.05) is 54.1 Å². The number of furan rings is 1. The van der Waals surface area contributed by atoms with Crippen LogP contribution in [-0.2, 0) is 5.41 Å². The molecule has 0 saturated carbocycles. The topological polar surface area (TPSA) is 61.0 Å². The van der Waals surface area contributed by atoms with Gasteiger partial charge < -0.3 is 9.15 Å². The van der Waals surface area contributed by atoms with Crippen LogP contribution in [0.5, 0.6) is 11.5 Å². The van der Waals surface area contributed by atoms with Crippen molar-refractivity contribution in [3.63, 3.8) is 0 Å². The van der Waals surface area contributed by atoms with Gasteiger partial charge in [-0.1, -0.05) is 133 Å². The molecule has 11 aromatic rings. The summed E-state index contributed by atoms with van der Waals surface area (Å²) >= 11 is 1.75. The first kappa shape index (κ1) is 31.8. The third kappa shape index (κ3) is 4.27. The first-order valence-electron chi connectivity index (χ1n) is 19.4. The van der Waals surface area contributed by atoms with Gasteiger partial charge in [0.2, 0.25) is 0 Å². The number of aromatic nitrogens is 3. The minimum absolute atomic E-state index is 0.589. The van der Waals surface area contributed by atoms with Crippen LogP contribution in [0.15, 0.2) is 180 Å². The van der Waals surface area contributed by atoms with Crippen LogP contribution in [-0.4, -0.2) is 15.0 Å². The molecule has 58 heavy (non-hydrogen) atoms. The van der Waals surface area contributed by atoms with Crippen molar-refractivity contribution in [3.05, 3.63) is 198 Å². The van der Waals surface area contributed by atoms with E-state index in [1.807, 2.05) is 36.4 Å². The Labute approximate surface area is 336 Å². The highest BCUT2D eigenvalue weighted by Crippen LogP contribution is 2.62. The predicted octanol–water partition coefficient (Wildman–Crippen LogP) is 13.6. The number of benzene rings is 8. The van der Waals surface area contributed by atoms with E-state index in [0.717, 1.165) is 76.7 Å². The summed E-state index contributed by atoms with van der Waals surface area (Å²) in [6.07, 6.45) is 0. The second-order valence-corrected chi connectivity index (χ2v) is 16.1. The molecule has 6 heteroatoms. The van der Waals surface area contributed by atoms with Gasteiger partial charge in [0.15, 0.2) is 17.5 Å². The van der Waals surface area contributed by atoms with E-state index in [2.05, 4.69) is 140 Å². The SMILES string of the molecule is c1ccc(-c2nc(-c3ccc4c(c3)C3(c5ccccc5O4)c4ccccc4-c4ccccc43)nc(-c3cc4c5ccccc5oc4c4c3sc3ccccc34)n2)cc1. The van der Waals surface area contributed by atoms with Crippen molar-refractivity contribution in [2.45, 2.75) is 5.41 Å².